The summed E-state index contributed by atoms with van der Waals surface area (Å²) in [5, 5.41) is 0. The maximum absolute atomic E-state index is 12.1. The van der Waals surface area contributed by atoms with Crippen LogP contribution in [0.1, 0.15) is 11.8 Å². The van der Waals surface area contributed by atoms with Gasteiger partial charge in [0.1, 0.15) is 0 Å². The first-order valence-corrected chi connectivity index (χ1v) is 6.52. The van der Waals surface area contributed by atoms with E-state index in [1.54, 1.807) is 0 Å². The van der Waals surface area contributed by atoms with E-state index in [1.165, 1.54) is 0 Å². The Hall–Kier alpha value is -2.83. The molecule has 13 heteroatoms. The van der Waals surface area contributed by atoms with Gasteiger partial charge in [-0.1, -0.05) is 7.94 Å². The molecule has 0 bridgehead atoms. The van der Waals surface area contributed by atoms with Crippen molar-refractivity contribution in [2.24, 2.45) is 0 Å². The molecular weight excluding hydrogens is 312 g/mol. The molecular formula is C8H6N4O8S. The zero-order valence-corrected chi connectivity index (χ0v) is 11.3. The van der Waals surface area contributed by atoms with E-state index in [9.17, 15) is 27.6 Å². The summed E-state index contributed by atoms with van der Waals surface area (Å²) in [6.07, 6.45) is 0. The Bertz CT molecular complexity index is 911. The summed E-state index contributed by atoms with van der Waals surface area (Å²) in [4.78, 5) is 52.2. The fourth-order valence-electron chi connectivity index (χ4n) is 1.37. The van der Waals surface area contributed by atoms with Crippen LogP contribution in [0.3, 0.4) is 0 Å². The molecule has 2 aromatic heterocycles. The van der Waals surface area contributed by atoms with Gasteiger partial charge in [-0.25, -0.2) is 19.2 Å². The average molecular weight is 318 g/mol. The summed E-state index contributed by atoms with van der Waals surface area (Å²) < 4.78 is 31.8. The Morgan fingerprint density at radius 3 is 1.43 bits per heavy atom. The third-order valence-corrected chi connectivity index (χ3v) is 3.65. The first-order valence-electron chi connectivity index (χ1n) is 5.12. The van der Waals surface area contributed by atoms with Crippen molar-refractivity contribution in [3.63, 3.8) is 0 Å². The molecule has 2 rings (SSSR count). The lowest BCUT2D eigenvalue weighted by Crippen LogP contribution is -2.50. The van der Waals surface area contributed by atoms with E-state index in [2.05, 4.69) is 18.8 Å². The number of hydrogen-bond donors (Lipinski definition) is 0. The molecule has 12 nitrogen and oxygen atoms in total. The molecule has 0 aliphatic heterocycles. The summed E-state index contributed by atoms with van der Waals surface area (Å²) in [6, 6.07) is 0. The Balaban J connectivity index is 2.95. The van der Waals surface area contributed by atoms with Gasteiger partial charge in [0, 0.05) is 13.8 Å². The molecule has 0 aromatic carbocycles. The highest BCUT2D eigenvalue weighted by Crippen LogP contribution is 1.90. The maximum atomic E-state index is 12.1. The van der Waals surface area contributed by atoms with Crippen LogP contribution in [0.15, 0.2) is 28.0 Å². The zero-order chi connectivity index (χ0) is 15.9. The van der Waals surface area contributed by atoms with Gasteiger partial charge in [-0.2, -0.15) is 18.4 Å². The monoisotopic (exact) mass is 318 g/mol. The molecule has 112 valence electrons. The van der Waals surface area contributed by atoms with E-state index in [0.717, 1.165) is 13.8 Å². The Kier molecular flexibility index (Phi) is 3.21. The molecule has 2 heterocycles. The highest BCUT2D eigenvalue weighted by molar-refractivity contribution is 7.88. The fourth-order valence-corrected chi connectivity index (χ4v) is 2.46. The van der Waals surface area contributed by atoms with Gasteiger partial charge in [0.05, 0.1) is 0 Å². The van der Waals surface area contributed by atoms with Crippen LogP contribution in [0.5, 0.6) is 0 Å². The van der Waals surface area contributed by atoms with Crippen molar-refractivity contribution in [2.75, 3.05) is 0 Å². The van der Waals surface area contributed by atoms with Gasteiger partial charge >= 0.3 is 33.1 Å². The van der Waals surface area contributed by atoms with Crippen LogP contribution >= 0.6 is 0 Å². The van der Waals surface area contributed by atoms with Crippen LogP contribution in [-0.4, -0.2) is 26.3 Å². The van der Waals surface area contributed by atoms with E-state index >= 15 is 0 Å². The predicted molar refractivity (Wildman–Crippen MR) is 63.3 cm³/mol. The third kappa shape index (κ3) is 2.33. The normalized spacial score (nSPS) is 11.5. The van der Waals surface area contributed by atoms with Crippen LogP contribution in [0.4, 0.5) is 0 Å². The second-order valence-corrected chi connectivity index (χ2v) is 5.23. The van der Waals surface area contributed by atoms with Gasteiger partial charge in [-0.3, -0.25) is 0 Å². The van der Waals surface area contributed by atoms with Crippen molar-refractivity contribution in [2.45, 2.75) is 13.8 Å². The quantitative estimate of drug-likeness (QED) is 0.555. The minimum Gasteiger partial charge on any atom is -0.394 e. The fraction of sp³-hybridized carbons (Fsp3) is 0.250. The van der Waals surface area contributed by atoms with E-state index < -0.39 is 52.8 Å². The average Bonchev–Trinajstić information content (AvgIpc) is 2.23. The summed E-state index contributed by atoms with van der Waals surface area (Å²) >= 11 is 0. The lowest BCUT2D eigenvalue weighted by atomic mass is 10.8. The molecule has 0 saturated carbocycles. The molecule has 0 N–H and O–H groups in total. The second kappa shape index (κ2) is 4.62. The summed E-state index contributed by atoms with van der Waals surface area (Å²) in [5.74, 6) is -4.06. The van der Waals surface area contributed by atoms with Crippen molar-refractivity contribution in [3.8, 4) is 0 Å². The van der Waals surface area contributed by atoms with E-state index in [-0.39, 0.29) is 0 Å². The molecule has 0 unspecified atom stereocenters. The van der Waals surface area contributed by atoms with Gasteiger partial charge in [-0.05, 0) is 0 Å². The summed E-state index contributed by atoms with van der Waals surface area (Å²) in [5.41, 5.74) is -3.09. The van der Waals surface area contributed by atoms with Crippen LogP contribution in [0, 0.1) is 13.8 Å². The lowest BCUT2D eigenvalue weighted by molar-refractivity contribution is 0.395. The SMILES string of the molecule is Cc1nc(=O)n(S(=O)(=O)n2c(=O)nc(C)oc2=O)c(=O)o1. The number of aromatic nitrogens is 4. The summed E-state index contributed by atoms with van der Waals surface area (Å²) in [7, 11) is -5.22. The highest BCUT2D eigenvalue weighted by Gasteiger charge is 2.28. The van der Waals surface area contributed by atoms with Crippen LogP contribution < -0.4 is 22.9 Å². The highest BCUT2D eigenvalue weighted by atomic mass is 32.2. The molecule has 0 radical (unpaired) electrons. The molecule has 0 aliphatic rings. The Morgan fingerprint density at radius 1 is 0.810 bits per heavy atom. The van der Waals surface area contributed by atoms with E-state index in [0.29, 0.717) is 0 Å². The second-order valence-electron chi connectivity index (χ2n) is 3.60. The van der Waals surface area contributed by atoms with Gasteiger partial charge in [0.2, 0.25) is 11.8 Å². The van der Waals surface area contributed by atoms with Crippen molar-refractivity contribution in [1.29, 1.82) is 0 Å². The third-order valence-electron chi connectivity index (χ3n) is 2.12. The largest absolute Gasteiger partial charge is 0.440 e. The number of hydrogen-bond acceptors (Lipinski definition) is 10. The lowest BCUT2D eigenvalue weighted by Gasteiger charge is -2.05. The molecule has 2 aromatic rings. The van der Waals surface area contributed by atoms with Gasteiger partial charge in [0.25, 0.3) is 0 Å². The molecule has 0 spiro atoms. The van der Waals surface area contributed by atoms with Crippen molar-refractivity contribution in [3.05, 3.63) is 53.9 Å². The Morgan fingerprint density at radius 2 is 1.14 bits per heavy atom. The standard InChI is InChI=1S/C8H6N4O8S/c1-3-9-5(13)11(7(15)19-3)21(17,18)12-6(14)10-4(2)20-8(12)16/h1-2H3. The predicted octanol–water partition coefficient (Wildman–Crippen LogP) is -3.04. The molecule has 0 fully saturated rings. The summed E-state index contributed by atoms with van der Waals surface area (Å²) in [6.45, 7) is 2.27. The Labute approximate surface area is 114 Å². The number of aryl methyl sites for hydroxylation is 2. The molecule has 0 saturated heterocycles. The van der Waals surface area contributed by atoms with Crippen LogP contribution in [-0.2, 0) is 10.2 Å². The minimum atomic E-state index is -5.22. The van der Waals surface area contributed by atoms with Gasteiger partial charge in [0.15, 0.2) is 0 Å². The minimum absolute atomic E-state index is 0.391. The van der Waals surface area contributed by atoms with Crippen LogP contribution in [0.25, 0.3) is 0 Å². The zero-order valence-electron chi connectivity index (χ0n) is 10.5. The van der Waals surface area contributed by atoms with E-state index in [4.69, 9.17) is 0 Å². The first-order chi connectivity index (χ1) is 9.64. The van der Waals surface area contributed by atoms with Crippen molar-refractivity contribution < 1.29 is 17.3 Å². The number of nitrogens with zero attached hydrogens (tertiary/aromatic N) is 4. The van der Waals surface area contributed by atoms with Gasteiger partial charge in [-0.15, -0.1) is 0 Å². The first kappa shape index (κ1) is 14.6. The molecule has 0 aliphatic carbocycles. The van der Waals surface area contributed by atoms with Gasteiger partial charge < -0.3 is 8.83 Å². The van der Waals surface area contributed by atoms with Crippen LogP contribution in [0.2, 0.25) is 0 Å². The number of rotatable bonds is 2. The molecule has 0 atom stereocenters. The van der Waals surface area contributed by atoms with Crippen molar-refractivity contribution in [1.82, 2.24) is 17.9 Å². The topological polar surface area (TPSA) is 164 Å². The van der Waals surface area contributed by atoms with Crippen molar-refractivity contribution >= 4 is 10.2 Å². The molecule has 21 heavy (non-hydrogen) atoms. The maximum Gasteiger partial charge on any atom is 0.440 e. The smallest absolute Gasteiger partial charge is 0.394 e. The molecule has 0 amide bonds. The van der Waals surface area contributed by atoms with E-state index in [1.807, 2.05) is 0 Å².